The molecule has 2 aromatic carbocycles. The predicted octanol–water partition coefficient (Wildman–Crippen LogP) is 4.29. The molecule has 0 radical (unpaired) electrons. The van der Waals surface area contributed by atoms with Crippen molar-refractivity contribution in [2.24, 2.45) is 0 Å². The second-order valence-corrected chi connectivity index (χ2v) is 8.04. The van der Waals surface area contributed by atoms with Crippen LogP contribution < -0.4 is 0 Å². The van der Waals surface area contributed by atoms with Crippen molar-refractivity contribution >= 4 is 18.1 Å². The maximum absolute atomic E-state index is 13.2. The van der Waals surface area contributed by atoms with Crippen LogP contribution in [0.5, 0.6) is 0 Å². The lowest BCUT2D eigenvalue weighted by Crippen LogP contribution is -2.42. The highest BCUT2D eigenvalue weighted by Gasteiger charge is 2.32. The minimum absolute atomic E-state index is 0.235. The summed E-state index contributed by atoms with van der Waals surface area (Å²) in [6, 6.07) is 16.9. The summed E-state index contributed by atoms with van der Waals surface area (Å²) in [5, 5.41) is 4.55. The van der Waals surface area contributed by atoms with Crippen LogP contribution in [0.4, 0.5) is 13.2 Å². The van der Waals surface area contributed by atoms with E-state index in [9.17, 15) is 18.0 Å². The van der Waals surface area contributed by atoms with Gasteiger partial charge in [0.05, 0.1) is 25.4 Å². The third-order valence-electron chi connectivity index (χ3n) is 4.73. The molecule has 1 aromatic heterocycles. The lowest BCUT2D eigenvalue weighted by molar-refractivity contribution is -0.154. The maximum atomic E-state index is 13.2. The quantitative estimate of drug-likeness (QED) is 0.491. The van der Waals surface area contributed by atoms with Crippen molar-refractivity contribution in [1.29, 1.82) is 0 Å². The molecule has 0 bridgehead atoms. The topological polar surface area (TPSA) is 46.3 Å². The van der Waals surface area contributed by atoms with Crippen LogP contribution >= 0.6 is 12.2 Å². The van der Waals surface area contributed by atoms with Gasteiger partial charge in [0.15, 0.2) is 5.82 Å². The van der Waals surface area contributed by atoms with Gasteiger partial charge >= 0.3 is 6.18 Å². The molecule has 10 heteroatoms. The Kier molecular flexibility index (Phi) is 7.15. The van der Waals surface area contributed by atoms with E-state index in [1.165, 1.54) is 23.7 Å². The highest BCUT2D eigenvalue weighted by Crippen LogP contribution is 2.24. The van der Waals surface area contributed by atoms with Gasteiger partial charge in [0.2, 0.25) is 10.7 Å². The van der Waals surface area contributed by atoms with Crippen LogP contribution in [0, 0.1) is 11.7 Å². The molecule has 1 amide bonds. The van der Waals surface area contributed by atoms with E-state index in [1.807, 2.05) is 61.5 Å². The third kappa shape index (κ3) is 5.83. The summed E-state index contributed by atoms with van der Waals surface area (Å²) in [4.78, 5) is 14.4. The van der Waals surface area contributed by atoms with Crippen molar-refractivity contribution in [2.45, 2.75) is 19.8 Å². The number of aryl methyl sites for hydroxylation is 1. The van der Waals surface area contributed by atoms with Crippen molar-refractivity contribution in [2.75, 3.05) is 27.2 Å². The van der Waals surface area contributed by atoms with Crippen molar-refractivity contribution in [3.05, 3.63) is 64.9 Å². The van der Waals surface area contributed by atoms with E-state index in [0.717, 1.165) is 21.7 Å². The largest absolute Gasteiger partial charge is 0.401 e. The fourth-order valence-corrected chi connectivity index (χ4v) is 3.50. The number of likely N-dealkylation sites (N-methyl/N-ethyl adjacent to an activating group) is 1. The molecular weight excluding hydrogens is 439 g/mol. The second kappa shape index (κ2) is 9.66. The number of rotatable bonds is 7. The van der Waals surface area contributed by atoms with Gasteiger partial charge in [-0.15, -0.1) is 5.10 Å². The Hall–Kier alpha value is -2.98. The van der Waals surface area contributed by atoms with Crippen LogP contribution in [0.2, 0.25) is 0 Å². The van der Waals surface area contributed by atoms with Crippen LogP contribution in [0.3, 0.4) is 0 Å². The number of amides is 1. The Balaban J connectivity index is 2.07. The van der Waals surface area contributed by atoms with Gasteiger partial charge in [0.25, 0.3) is 0 Å². The molecule has 0 saturated carbocycles. The number of alkyl halides is 3. The number of nitrogens with zero attached hydrogens (tertiary/aromatic N) is 5. The normalized spacial score (nSPS) is 11.7. The molecule has 32 heavy (non-hydrogen) atoms. The van der Waals surface area contributed by atoms with Crippen molar-refractivity contribution in [3.63, 3.8) is 0 Å². The number of halogens is 3. The molecule has 0 aliphatic heterocycles. The summed E-state index contributed by atoms with van der Waals surface area (Å²) < 4.78 is 42.9. The summed E-state index contributed by atoms with van der Waals surface area (Å²) in [6.45, 7) is -0.00714. The summed E-state index contributed by atoms with van der Waals surface area (Å²) in [5.74, 6) is 0.0641. The van der Waals surface area contributed by atoms with Crippen LogP contribution in [0.25, 0.3) is 17.1 Å². The minimum Gasteiger partial charge on any atom is -0.348 e. The lowest BCUT2D eigenvalue weighted by Gasteiger charge is -2.24. The van der Waals surface area contributed by atoms with E-state index in [4.69, 9.17) is 12.2 Å². The molecule has 0 N–H and O–H groups in total. The fraction of sp³-hybridized carbons (Fsp3) is 0.318. The number of carbonyl (C=O) groups excluding carboxylic acids is 1. The number of aromatic nitrogens is 3. The Morgan fingerprint density at radius 2 is 1.78 bits per heavy atom. The fourth-order valence-electron chi connectivity index (χ4n) is 3.21. The first-order chi connectivity index (χ1) is 15.0. The number of benzene rings is 2. The molecule has 0 aliphatic carbocycles. The van der Waals surface area contributed by atoms with E-state index in [1.54, 1.807) is 4.57 Å². The average Bonchev–Trinajstić information content (AvgIpc) is 3.03. The summed E-state index contributed by atoms with van der Waals surface area (Å²) >= 11 is 5.62. The first kappa shape index (κ1) is 23.7. The van der Waals surface area contributed by atoms with Gasteiger partial charge in [-0.05, 0) is 36.8 Å². The average molecular weight is 464 g/mol. The summed E-state index contributed by atoms with van der Waals surface area (Å²) in [5.41, 5.74) is 2.53. The number of hydrogen-bond acceptors (Lipinski definition) is 4. The number of hydrogen-bond donors (Lipinski definition) is 0. The molecule has 3 aromatic rings. The molecule has 0 spiro atoms. The van der Waals surface area contributed by atoms with Gasteiger partial charge in [-0.2, -0.15) is 13.2 Å². The third-order valence-corrected chi connectivity index (χ3v) is 5.12. The van der Waals surface area contributed by atoms with Crippen molar-refractivity contribution < 1.29 is 18.0 Å². The Morgan fingerprint density at radius 3 is 2.38 bits per heavy atom. The molecular formula is C22H24F3N5OS. The molecule has 0 fully saturated rings. The lowest BCUT2D eigenvalue weighted by atomic mass is 10.2. The minimum atomic E-state index is -4.48. The van der Waals surface area contributed by atoms with Gasteiger partial charge in [-0.3, -0.25) is 14.3 Å². The Bertz CT molecular complexity index is 1140. The summed E-state index contributed by atoms with van der Waals surface area (Å²) in [6.07, 6.45) is -4.48. The molecule has 170 valence electrons. The van der Waals surface area contributed by atoms with E-state index in [2.05, 4.69) is 5.10 Å². The highest BCUT2D eigenvalue weighted by atomic mass is 32.1. The van der Waals surface area contributed by atoms with Crippen molar-refractivity contribution in [3.8, 4) is 17.1 Å². The second-order valence-electron chi connectivity index (χ2n) is 7.68. The van der Waals surface area contributed by atoms with Gasteiger partial charge in [0.1, 0.15) is 0 Å². The maximum Gasteiger partial charge on any atom is 0.401 e. The van der Waals surface area contributed by atoms with Crippen LogP contribution in [-0.4, -0.2) is 63.4 Å². The van der Waals surface area contributed by atoms with Gasteiger partial charge in [0, 0.05) is 19.7 Å². The molecule has 0 unspecified atom stereocenters. The zero-order valence-corrected chi connectivity index (χ0v) is 18.8. The Labute approximate surface area is 189 Å². The molecule has 0 aliphatic rings. The van der Waals surface area contributed by atoms with E-state index < -0.39 is 25.2 Å². The van der Waals surface area contributed by atoms with Gasteiger partial charge in [-0.1, -0.05) is 42.5 Å². The van der Waals surface area contributed by atoms with E-state index in [-0.39, 0.29) is 11.4 Å². The first-order valence-electron chi connectivity index (χ1n) is 9.87. The number of carbonyl (C=O) groups is 1. The zero-order chi connectivity index (χ0) is 23.5. The molecule has 3 rings (SSSR count). The predicted molar refractivity (Wildman–Crippen MR) is 119 cm³/mol. The monoisotopic (exact) mass is 463 g/mol. The highest BCUT2D eigenvalue weighted by molar-refractivity contribution is 7.71. The molecule has 6 nitrogen and oxygen atoms in total. The van der Waals surface area contributed by atoms with E-state index in [0.29, 0.717) is 5.82 Å². The SMILES string of the molecule is Cc1cccc(-n2c(-c3ccccc3)nn(CN(CC(=O)N(C)C)CC(F)(F)F)c2=S)c1. The van der Waals surface area contributed by atoms with Crippen molar-refractivity contribution in [1.82, 2.24) is 24.1 Å². The first-order valence-corrected chi connectivity index (χ1v) is 10.3. The Morgan fingerprint density at radius 1 is 1.09 bits per heavy atom. The molecule has 0 saturated heterocycles. The molecule has 1 heterocycles. The smallest absolute Gasteiger partial charge is 0.348 e. The van der Waals surface area contributed by atoms with Gasteiger partial charge in [-0.25, -0.2) is 4.68 Å². The van der Waals surface area contributed by atoms with Gasteiger partial charge < -0.3 is 4.90 Å². The summed E-state index contributed by atoms with van der Waals surface area (Å²) in [7, 11) is 3.00. The molecule has 0 atom stereocenters. The standard InChI is InChI=1S/C22H24F3N5OS/c1-16-8-7-11-18(12-16)30-20(17-9-5-4-6-10-17)26-29(21(30)32)15-28(14-22(23,24)25)13-19(31)27(2)3/h4-12H,13-15H2,1-3H3. The zero-order valence-electron chi connectivity index (χ0n) is 18.0. The van der Waals surface area contributed by atoms with Crippen LogP contribution in [-0.2, 0) is 11.5 Å². The van der Waals surface area contributed by atoms with Crippen LogP contribution in [0.15, 0.2) is 54.6 Å². The van der Waals surface area contributed by atoms with E-state index >= 15 is 0 Å². The van der Waals surface area contributed by atoms with Crippen LogP contribution in [0.1, 0.15) is 5.56 Å².